The molecule has 3 heterocycles. The van der Waals surface area contributed by atoms with Crippen LogP contribution in [0.4, 0.5) is 5.13 Å². The largest absolute Gasteiger partial charge is 0.355 e. The van der Waals surface area contributed by atoms with Crippen LogP contribution in [0.2, 0.25) is 5.02 Å². The first-order valence-electron chi connectivity index (χ1n) is 9.47. The minimum Gasteiger partial charge on any atom is -0.355 e. The first-order chi connectivity index (χ1) is 15.2. The summed E-state index contributed by atoms with van der Waals surface area (Å²) >= 11 is 7.70. The Morgan fingerprint density at radius 3 is 2.71 bits per heavy atom. The van der Waals surface area contributed by atoms with E-state index in [1.165, 1.54) is 11.3 Å². The molecule has 0 atom stereocenters. The highest BCUT2D eigenvalue weighted by Crippen LogP contribution is 2.34. The van der Waals surface area contributed by atoms with E-state index >= 15 is 0 Å². The van der Waals surface area contributed by atoms with Crippen LogP contribution in [-0.4, -0.2) is 21.0 Å². The van der Waals surface area contributed by atoms with Crippen LogP contribution < -0.4 is 4.90 Å². The zero-order valence-electron chi connectivity index (χ0n) is 16.1. The second kappa shape index (κ2) is 8.29. The summed E-state index contributed by atoms with van der Waals surface area (Å²) in [4.78, 5) is 23.8. The fourth-order valence-corrected chi connectivity index (χ4v) is 4.43. The molecule has 5 rings (SSSR count). The lowest BCUT2D eigenvalue weighted by Crippen LogP contribution is -2.30. The van der Waals surface area contributed by atoms with E-state index in [-0.39, 0.29) is 18.1 Å². The highest BCUT2D eigenvalue weighted by atomic mass is 35.5. The molecule has 0 aliphatic carbocycles. The van der Waals surface area contributed by atoms with Gasteiger partial charge in [0.1, 0.15) is 5.52 Å². The summed E-state index contributed by atoms with van der Waals surface area (Å²) in [7, 11) is 0. The van der Waals surface area contributed by atoms with Crippen molar-refractivity contribution in [2.45, 2.75) is 6.54 Å². The Labute approximate surface area is 186 Å². The quantitative estimate of drug-likeness (QED) is 0.338. The second-order valence-electron chi connectivity index (χ2n) is 6.78. The van der Waals surface area contributed by atoms with Crippen molar-refractivity contribution in [1.29, 1.82) is 0 Å². The van der Waals surface area contributed by atoms with E-state index < -0.39 is 0 Å². The van der Waals surface area contributed by atoms with Gasteiger partial charge in [0.15, 0.2) is 16.6 Å². The lowest BCUT2D eigenvalue weighted by atomic mass is 10.1. The molecule has 0 N–H and O–H groups in total. The topological polar surface area (TPSA) is 72.1 Å². The van der Waals surface area contributed by atoms with Gasteiger partial charge in [-0.05, 0) is 23.8 Å². The second-order valence-corrected chi connectivity index (χ2v) is 8.19. The molecule has 0 saturated carbocycles. The number of hydrogen-bond donors (Lipinski definition) is 0. The summed E-state index contributed by atoms with van der Waals surface area (Å²) in [6, 6.07) is 20.5. The summed E-state index contributed by atoms with van der Waals surface area (Å²) in [5.41, 5.74) is 2.58. The predicted octanol–water partition coefficient (Wildman–Crippen LogP) is 5.85. The fraction of sp³-hybridized carbons (Fsp3) is 0.0435. The van der Waals surface area contributed by atoms with Gasteiger partial charge in [-0.15, -0.1) is 0 Å². The van der Waals surface area contributed by atoms with Gasteiger partial charge >= 0.3 is 0 Å². The Kier molecular flexibility index (Phi) is 5.19. The minimum absolute atomic E-state index is 0.202. The third kappa shape index (κ3) is 3.93. The first kappa shape index (κ1) is 19.4. The van der Waals surface area contributed by atoms with Gasteiger partial charge in [-0.25, -0.2) is 4.98 Å². The predicted molar refractivity (Wildman–Crippen MR) is 121 cm³/mol. The monoisotopic (exact) mass is 446 g/mol. The van der Waals surface area contributed by atoms with Gasteiger partial charge in [0.05, 0.1) is 16.3 Å². The molecule has 8 heteroatoms. The van der Waals surface area contributed by atoms with Crippen LogP contribution in [0, 0.1) is 0 Å². The molecule has 0 unspecified atom stereocenters. The lowest BCUT2D eigenvalue weighted by molar-refractivity contribution is 0.0976. The summed E-state index contributed by atoms with van der Waals surface area (Å²) in [5.74, 6) is 0.211. The number of para-hydroxylation sites is 1. The molecule has 2 aromatic carbocycles. The molecule has 6 nitrogen and oxygen atoms in total. The van der Waals surface area contributed by atoms with E-state index in [1.807, 2.05) is 54.6 Å². The number of aromatic nitrogens is 3. The van der Waals surface area contributed by atoms with Crippen molar-refractivity contribution in [1.82, 2.24) is 15.1 Å². The van der Waals surface area contributed by atoms with Crippen LogP contribution in [0.15, 0.2) is 83.6 Å². The molecule has 0 radical (unpaired) electrons. The van der Waals surface area contributed by atoms with Crippen molar-refractivity contribution in [2.24, 2.45) is 0 Å². The van der Waals surface area contributed by atoms with Gasteiger partial charge in [0, 0.05) is 24.0 Å². The number of carbonyl (C=O) groups excluding carboxylic acids is 1. The van der Waals surface area contributed by atoms with E-state index in [9.17, 15) is 4.79 Å². The van der Waals surface area contributed by atoms with Crippen LogP contribution in [0.1, 0.15) is 16.1 Å². The van der Waals surface area contributed by atoms with Crippen LogP contribution >= 0.6 is 22.9 Å². The standard InChI is InChI=1S/C23H15ClN4O2S/c24-17-9-4-10-20-21(17)26-23(31-20)28(14-15-6-5-11-25-13-15)22(29)18-12-19(30-27-18)16-7-2-1-3-8-16/h1-13H,14H2. The van der Waals surface area contributed by atoms with Gasteiger partial charge in [-0.1, -0.05) is 70.6 Å². The highest BCUT2D eigenvalue weighted by molar-refractivity contribution is 7.22. The maximum atomic E-state index is 13.5. The first-order valence-corrected chi connectivity index (χ1v) is 10.7. The van der Waals surface area contributed by atoms with Crippen molar-refractivity contribution in [3.8, 4) is 11.3 Å². The third-order valence-corrected chi connectivity index (χ3v) is 6.03. The molecule has 5 aromatic rings. The lowest BCUT2D eigenvalue weighted by Gasteiger charge is -2.18. The number of anilines is 1. The van der Waals surface area contributed by atoms with Gasteiger partial charge in [0.25, 0.3) is 5.91 Å². The van der Waals surface area contributed by atoms with Crippen molar-refractivity contribution in [3.63, 3.8) is 0 Å². The number of rotatable bonds is 5. The van der Waals surface area contributed by atoms with Gasteiger partial charge in [-0.2, -0.15) is 0 Å². The van der Waals surface area contributed by atoms with E-state index in [0.717, 1.165) is 15.8 Å². The van der Waals surface area contributed by atoms with Gasteiger partial charge in [-0.3, -0.25) is 14.7 Å². The van der Waals surface area contributed by atoms with E-state index in [4.69, 9.17) is 16.1 Å². The van der Waals surface area contributed by atoms with Crippen molar-refractivity contribution < 1.29 is 9.32 Å². The van der Waals surface area contributed by atoms with Crippen LogP contribution in [0.5, 0.6) is 0 Å². The normalized spacial score (nSPS) is 11.0. The van der Waals surface area contributed by atoms with E-state index in [1.54, 1.807) is 29.4 Å². The molecule has 3 aromatic heterocycles. The summed E-state index contributed by atoms with van der Waals surface area (Å²) in [6.07, 6.45) is 3.41. The molecular weight excluding hydrogens is 432 g/mol. The molecule has 0 fully saturated rings. The number of thiazole rings is 1. The molecular formula is C23H15ClN4O2S. The average molecular weight is 447 g/mol. The van der Waals surface area contributed by atoms with Gasteiger partial charge in [0.2, 0.25) is 0 Å². The molecule has 0 aliphatic heterocycles. The molecule has 1 amide bonds. The minimum atomic E-state index is -0.315. The molecule has 0 saturated heterocycles. The zero-order valence-corrected chi connectivity index (χ0v) is 17.7. The number of hydrogen-bond acceptors (Lipinski definition) is 6. The third-order valence-electron chi connectivity index (χ3n) is 4.69. The average Bonchev–Trinajstić information content (AvgIpc) is 3.47. The van der Waals surface area contributed by atoms with Crippen molar-refractivity contribution >= 4 is 44.2 Å². The Morgan fingerprint density at radius 2 is 1.94 bits per heavy atom. The zero-order chi connectivity index (χ0) is 21.2. The number of pyridine rings is 1. The fourth-order valence-electron chi connectivity index (χ4n) is 3.17. The molecule has 152 valence electrons. The molecule has 0 bridgehead atoms. The van der Waals surface area contributed by atoms with Crippen LogP contribution in [-0.2, 0) is 6.54 Å². The Morgan fingerprint density at radius 1 is 1.06 bits per heavy atom. The SMILES string of the molecule is O=C(c1cc(-c2ccccc2)on1)N(Cc1cccnc1)c1nc2c(Cl)cccc2s1. The number of nitrogens with zero attached hydrogens (tertiary/aromatic N) is 4. The maximum absolute atomic E-state index is 13.5. The van der Waals surface area contributed by atoms with Crippen LogP contribution in [0.25, 0.3) is 21.5 Å². The van der Waals surface area contributed by atoms with Gasteiger partial charge < -0.3 is 4.52 Å². The number of carbonyl (C=O) groups is 1. The molecule has 0 spiro atoms. The number of amides is 1. The Hall–Kier alpha value is -3.55. The van der Waals surface area contributed by atoms with E-state index in [0.29, 0.717) is 21.4 Å². The number of halogens is 1. The molecule has 0 aliphatic rings. The van der Waals surface area contributed by atoms with Crippen molar-refractivity contribution in [3.05, 3.63) is 95.4 Å². The highest BCUT2D eigenvalue weighted by Gasteiger charge is 2.25. The summed E-state index contributed by atoms with van der Waals surface area (Å²) in [5, 5.41) is 5.09. The maximum Gasteiger partial charge on any atom is 0.282 e. The molecule has 31 heavy (non-hydrogen) atoms. The Bertz CT molecular complexity index is 1350. The van der Waals surface area contributed by atoms with Crippen molar-refractivity contribution in [2.75, 3.05) is 4.90 Å². The van der Waals surface area contributed by atoms with E-state index in [2.05, 4.69) is 15.1 Å². The van der Waals surface area contributed by atoms with Crippen LogP contribution in [0.3, 0.4) is 0 Å². The smallest absolute Gasteiger partial charge is 0.282 e. The summed E-state index contributed by atoms with van der Waals surface area (Å²) < 4.78 is 6.34. The summed E-state index contributed by atoms with van der Waals surface area (Å²) in [6.45, 7) is 0.289. The number of benzene rings is 2. The Balaban J connectivity index is 1.54. The number of fused-ring (bicyclic) bond motifs is 1.